The maximum Gasteiger partial charge on any atom is 0.110 e. The van der Waals surface area contributed by atoms with Crippen molar-refractivity contribution in [2.75, 3.05) is 0 Å². The molecule has 0 aliphatic rings. The standard InChI is InChI=1S/C9H8Cl2OS/c1-5(13)9(12)6-2-3-7(10)8(11)4-6/h2-4,9,12H,1H3. The van der Waals surface area contributed by atoms with Crippen LogP contribution in [0, 0.1) is 0 Å². The van der Waals surface area contributed by atoms with Gasteiger partial charge in [-0.25, -0.2) is 0 Å². The molecule has 1 aromatic carbocycles. The first-order valence-electron chi connectivity index (χ1n) is 3.66. The first kappa shape index (κ1) is 10.9. The third-order valence-electron chi connectivity index (χ3n) is 1.64. The average molecular weight is 235 g/mol. The molecule has 70 valence electrons. The number of hydrogen-bond acceptors (Lipinski definition) is 2. The second-order valence-corrected chi connectivity index (χ2v) is 4.15. The van der Waals surface area contributed by atoms with E-state index in [0.717, 1.165) is 0 Å². The topological polar surface area (TPSA) is 20.2 Å². The highest BCUT2D eigenvalue weighted by Gasteiger charge is 2.10. The number of hydrogen-bond donors (Lipinski definition) is 1. The highest BCUT2D eigenvalue weighted by molar-refractivity contribution is 7.80. The minimum atomic E-state index is -0.746. The molecular formula is C9H8Cl2OS. The first-order chi connectivity index (χ1) is 6.02. The van der Waals surface area contributed by atoms with Crippen LogP contribution >= 0.6 is 35.4 Å². The summed E-state index contributed by atoms with van der Waals surface area (Å²) in [5.41, 5.74) is 0.668. The molecule has 1 nitrogen and oxygen atoms in total. The number of benzene rings is 1. The van der Waals surface area contributed by atoms with E-state index in [1.165, 1.54) is 0 Å². The van der Waals surface area contributed by atoms with E-state index in [-0.39, 0.29) is 0 Å². The van der Waals surface area contributed by atoms with Crippen molar-refractivity contribution in [3.05, 3.63) is 33.8 Å². The van der Waals surface area contributed by atoms with Crippen molar-refractivity contribution in [2.24, 2.45) is 0 Å². The van der Waals surface area contributed by atoms with Crippen molar-refractivity contribution < 1.29 is 5.11 Å². The monoisotopic (exact) mass is 234 g/mol. The Morgan fingerprint density at radius 3 is 2.46 bits per heavy atom. The summed E-state index contributed by atoms with van der Waals surface area (Å²) < 4.78 is 0. The smallest absolute Gasteiger partial charge is 0.110 e. The molecule has 0 spiro atoms. The number of rotatable bonds is 2. The van der Waals surface area contributed by atoms with Crippen LogP contribution in [0.1, 0.15) is 18.6 Å². The van der Waals surface area contributed by atoms with Crippen molar-refractivity contribution in [1.29, 1.82) is 0 Å². The molecule has 13 heavy (non-hydrogen) atoms. The molecule has 0 aromatic heterocycles. The van der Waals surface area contributed by atoms with Crippen molar-refractivity contribution in [2.45, 2.75) is 13.0 Å². The van der Waals surface area contributed by atoms with Gasteiger partial charge in [0.25, 0.3) is 0 Å². The lowest BCUT2D eigenvalue weighted by atomic mass is 10.1. The van der Waals surface area contributed by atoms with E-state index in [1.807, 2.05) is 0 Å². The van der Waals surface area contributed by atoms with Crippen molar-refractivity contribution in [3.63, 3.8) is 0 Å². The maximum atomic E-state index is 9.57. The van der Waals surface area contributed by atoms with Crippen molar-refractivity contribution in [1.82, 2.24) is 0 Å². The van der Waals surface area contributed by atoms with Gasteiger partial charge in [0.2, 0.25) is 0 Å². The van der Waals surface area contributed by atoms with Crippen molar-refractivity contribution in [3.8, 4) is 0 Å². The summed E-state index contributed by atoms with van der Waals surface area (Å²) in [4.78, 5) is 0.512. The molecule has 1 unspecified atom stereocenters. The minimum Gasteiger partial charge on any atom is -0.383 e. The highest BCUT2D eigenvalue weighted by atomic mass is 35.5. The minimum absolute atomic E-state index is 0.425. The average Bonchev–Trinajstić information content (AvgIpc) is 2.08. The molecule has 0 aliphatic heterocycles. The van der Waals surface area contributed by atoms with E-state index >= 15 is 0 Å². The van der Waals surface area contributed by atoms with Gasteiger partial charge >= 0.3 is 0 Å². The van der Waals surface area contributed by atoms with Gasteiger partial charge in [-0.1, -0.05) is 41.5 Å². The summed E-state index contributed by atoms with van der Waals surface area (Å²) in [5, 5.41) is 10.5. The molecule has 1 atom stereocenters. The number of aliphatic hydroxyl groups is 1. The molecule has 0 bridgehead atoms. The van der Waals surface area contributed by atoms with E-state index in [0.29, 0.717) is 20.5 Å². The molecule has 0 saturated carbocycles. The van der Waals surface area contributed by atoms with Crippen LogP contribution in [0.15, 0.2) is 18.2 Å². The second kappa shape index (κ2) is 4.38. The number of thiocarbonyl (C=S) groups is 1. The fourth-order valence-electron chi connectivity index (χ4n) is 0.917. The van der Waals surface area contributed by atoms with Gasteiger partial charge < -0.3 is 5.11 Å². The molecule has 0 saturated heterocycles. The van der Waals surface area contributed by atoms with Crippen LogP contribution in [0.5, 0.6) is 0 Å². The molecule has 0 amide bonds. The molecule has 1 aromatic rings. The van der Waals surface area contributed by atoms with Gasteiger partial charge in [0.15, 0.2) is 0 Å². The lowest BCUT2D eigenvalue weighted by molar-refractivity contribution is 0.249. The number of aliphatic hydroxyl groups excluding tert-OH is 1. The zero-order chi connectivity index (χ0) is 10.0. The zero-order valence-corrected chi connectivity index (χ0v) is 9.25. The Bertz CT molecular complexity index is 338. The van der Waals surface area contributed by atoms with Gasteiger partial charge in [-0.05, 0) is 24.6 Å². The van der Waals surface area contributed by atoms with Crippen LogP contribution in [0.2, 0.25) is 10.0 Å². The molecule has 0 radical (unpaired) electrons. The third-order valence-corrected chi connectivity index (χ3v) is 2.61. The predicted octanol–water partition coefficient (Wildman–Crippen LogP) is 3.42. The van der Waals surface area contributed by atoms with Gasteiger partial charge in [-0.2, -0.15) is 0 Å². The summed E-state index contributed by atoms with van der Waals surface area (Å²) in [6, 6.07) is 4.96. The van der Waals surface area contributed by atoms with Crippen LogP contribution in [-0.2, 0) is 0 Å². The summed E-state index contributed by atoms with van der Waals surface area (Å²) in [7, 11) is 0. The first-order valence-corrected chi connectivity index (χ1v) is 4.82. The van der Waals surface area contributed by atoms with Crippen molar-refractivity contribution >= 4 is 40.3 Å². The lowest BCUT2D eigenvalue weighted by Crippen LogP contribution is -2.05. The molecule has 1 rings (SSSR count). The highest BCUT2D eigenvalue weighted by Crippen LogP contribution is 2.26. The van der Waals surface area contributed by atoms with E-state index in [1.54, 1.807) is 25.1 Å². The molecule has 1 N–H and O–H groups in total. The van der Waals surface area contributed by atoms with E-state index in [2.05, 4.69) is 0 Å². The van der Waals surface area contributed by atoms with Crippen LogP contribution in [-0.4, -0.2) is 9.97 Å². The fraction of sp³-hybridized carbons (Fsp3) is 0.222. The zero-order valence-electron chi connectivity index (χ0n) is 6.92. The summed E-state index contributed by atoms with van der Waals surface area (Å²) in [6.45, 7) is 1.68. The Morgan fingerprint density at radius 2 is 2.00 bits per heavy atom. The Kier molecular flexibility index (Phi) is 3.68. The Balaban J connectivity index is 3.03. The fourth-order valence-corrected chi connectivity index (χ4v) is 1.36. The quantitative estimate of drug-likeness (QED) is 0.792. The van der Waals surface area contributed by atoms with Crippen LogP contribution < -0.4 is 0 Å². The largest absolute Gasteiger partial charge is 0.383 e. The van der Waals surface area contributed by atoms with Crippen LogP contribution in [0.25, 0.3) is 0 Å². The van der Waals surface area contributed by atoms with Gasteiger partial charge in [-0.3, -0.25) is 0 Å². The van der Waals surface area contributed by atoms with Gasteiger partial charge in [-0.15, -0.1) is 0 Å². The van der Waals surface area contributed by atoms with E-state index in [4.69, 9.17) is 35.4 Å². The summed E-state index contributed by atoms with van der Waals surface area (Å²) in [5.74, 6) is 0. The Labute approximate surface area is 92.3 Å². The normalized spacial score (nSPS) is 12.6. The van der Waals surface area contributed by atoms with Gasteiger partial charge in [0.1, 0.15) is 6.10 Å². The Morgan fingerprint density at radius 1 is 1.38 bits per heavy atom. The summed E-state index contributed by atoms with van der Waals surface area (Å²) >= 11 is 16.3. The molecule has 0 heterocycles. The second-order valence-electron chi connectivity index (χ2n) is 2.69. The number of halogens is 2. The molecule has 0 aliphatic carbocycles. The van der Waals surface area contributed by atoms with Gasteiger partial charge in [0.05, 0.1) is 10.0 Å². The Hall–Kier alpha value is -0.150. The SMILES string of the molecule is CC(=S)C(O)c1ccc(Cl)c(Cl)c1. The lowest BCUT2D eigenvalue weighted by Gasteiger charge is -2.09. The van der Waals surface area contributed by atoms with Gasteiger partial charge in [0, 0.05) is 4.86 Å². The predicted molar refractivity (Wildman–Crippen MR) is 59.7 cm³/mol. The molecular weight excluding hydrogens is 227 g/mol. The maximum absolute atomic E-state index is 9.57. The third kappa shape index (κ3) is 2.64. The van der Waals surface area contributed by atoms with E-state index in [9.17, 15) is 5.11 Å². The molecule has 0 fully saturated rings. The van der Waals surface area contributed by atoms with Crippen LogP contribution in [0.3, 0.4) is 0 Å². The van der Waals surface area contributed by atoms with E-state index < -0.39 is 6.10 Å². The van der Waals surface area contributed by atoms with Crippen LogP contribution in [0.4, 0.5) is 0 Å². The molecule has 4 heteroatoms. The summed E-state index contributed by atoms with van der Waals surface area (Å²) in [6.07, 6.45) is -0.746.